The lowest BCUT2D eigenvalue weighted by molar-refractivity contribution is -0.138. The topological polar surface area (TPSA) is 102 Å². The zero-order valence-corrected chi connectivity index (χ0v) is 16.6. The highest BCUT2D eigenvalue weighted by Gasteiger charge is 2.36. The Kier molecular flexibility index (Phi) is 5.37. The number of aromatic nitrogens is 6. The molecule has 1 N–H and O–H groups in total. The van der Waals surface area contributed by atoms with Gasteiger partial charge < -0.3 is 10.2 Å². The van der Waals surface area contributed by atoms with Gasteiger partial charge in [0.15, 0.2) is 5.82 Å². The molecule has 0 bridgehead atoms. The number of halogens is 3. The van der Waals surface area contributed by atoms with E-state index in [4.69, 9.17) is 0 Å². The summed E-state index contributed by atoms with van der Waals surface area (Å²) in [4.78, 5) is 20.5. The Morgan fingerprint density at radius 2 is 2.00 bits per heavy atom. The Hall–Kier alpha value is -3.09. The van der Waals surface area contributed by atoms with Crippen LogP contribution in [0.5, 0.6) is 0 Å². The van der Waals surface area contributed by atoms with E-state index in [1.165, 1.54) is 17.2 Å². The lowest BCUT2D eigenvalue weighted by Gasteiger charge is -2.33. The summed E-state index contributed by atoms with van der Waals surface area (Å²) in [6.07, 6.45) is -0.137. The Morgan fingerprint density at radius 3 is 2.70 bits per heavy atom. The molecule has 0 saturated carbocycles. The summed E-state index contributed by atoms with van der Waals surface area (Å²) in [5.74, 6) is 0.0913. The molecule has 1 aliphatic rings. The summed E-state index contributed by atoms with van der Waals surface area (Å²) in [6, 6.07) is 3.18. The van der Waals surface area contributed by atoms with Crippen molar-refractivity contribution in [2.24, 2.45) is 0 Å². The third-order valence-electron chi connectivity index (χ3n) is 4.56. The first-order chi connectivity index (χ1) is 14.3. The molecule has 1 aliphatic heterocycles. The maximum absolute atomic E-state index is 13.2. The number of alkyl halides is 3. The van der Waals surface area contributed by atoms with Crippen molar-refractivity contribution in [3.63, 3.8) is 0 Å². The van der Waals surface area contributed by atoms with E-state index in [0.717, 1.165) is 0 Å². The molecule has 0 radical (unpaired) electrons. The molecule has 0 spiro atoms. The molecule has 30 heavy (non-hydrogen) atoms. The molecule has 1 fully saturated rings. The van der Waals surface area contributed by atoms with Crippen molar-refractivity contribution in [3.8, 4) is 5.82 Å². The standard InChI is InChI=1S/C17H17F3N8OS/c1-10-4-5-12(13(23-10)28-21-6-7-22-28)14(29)27-8-2-3-11(9-27)24-16-26-25-15(30-16)17(18,19)20/h4-7,11H,2-3,8-9H2,1H3,(H,24,26). The molecule has 3 aromatic rings. The molecule has 0 aliphatic carbocycles. The van der Waals surface area contributed by atoms with E-state index in [1.54, 1.807) is 24.0 Å². The summed E-state index contributed by atoms with van der Waals surface area (Å²) >= 11 is 0.450. The monoisotopic (exact) mass is 438 g/mol. The molecule has 1 amide bonds. The first kappa shape index (κ1) is 20.2. The molecule has 4 heterocycles. The predicted octanol–water partition coefficient (Wildman–Crippen LogP) is 2.56. The third-order valence-corrected chi connectivity index (χ3v) is 5.46. The van der Waals surface area contributed by atoms with Crippen molar-refractivity contribution in [1.29, 1.82) is 0 Å². The number of amides is 1. The second-order valence-electron chi connectivity index (χ2n) is 6.79. The first-order valence-electron chi connectivity index (χ1n) is 9.12. The van der Waals surface area contributed by atoms with Crippen molar-refractivity contribution in [1.82, 2.24) is 35.1 Å². The van der Waals surface area contributed by atoms with Gasteiger partial charge in [0.2, 0.25) is 10.1 Å². The molecular weight excluding hydrogens is 421 g/mol. The summed E-state index contributed by atoms with van der Waals surface area (Å²) in [7, 11) is 0. The van der Waals surface area contributed by atoms with Gasteiger partial charge in [-0.25, -0.2) is 4.98 Å². The van der Waals surface area contributed by atoms with E-state index in [0.29, 0.717) is 54.3 Å². The first-order valence-corrected chi connectivity index (χ1v) is 9.94. The van der Waals surface area contributed by atoms with Gasteiger partial charge in [-0.3, -0.25) is 4.79 Å². The van der Waals surface area contributed by atoms with Crippen molar-refractivity contribution in [2.75, 3.05) is 18.4 Å². The lowest BCUT2D eigenvalue weighted by atomic mass is 10.0. The van der Waals surface area contributed by atoms with E-state index in [1.807, 2.05) is 0 Å². The highest BCUT2D eigenvalue weighted by Crippen LogP contribution is 2.33. The van der Waals surface area contributed by atoms with Gasteiger partial charge in [0.05, 0.1) is 18.0 Å². The van der Waals surface area contributed by atoms with Crippen LogP contribution >= 0.6 is 11.3 Å². The Bertz CT molecular complexity index is 1040. The summed E-state index contributed by atoms with van der Waals surface area (Å²) < 4.78 is 38.2. The van der Waals surface area contributed by atoms with E-state index < -0.39 is 11.2 Å². The molecule has 158 valence electrons. The predicted molar refractivity (Wildman–Crippen MR) is 101 cm³/mol. The van der Waals surface area contributed by atoms with Crippen LogP contribution in [0.2, 0.25) is 0 Å². The number of hydrogen-bond acceptors (Lipinski definition) is 8. The van der Waals surface area contributed by atoms with Crippen LogP contribution in [0.4, 0.5) is 18.3 Å². The van der Waals surface area contributed by atoms with Crippen molar-refractivity contribution in [3.05, 3.63) is 40.8 Å². The van der Waals surface area contributed by atoms with E-state index in [-0.39, 0.29) is 17.1 Å². The van der Waals surface area contributed by atoms with Crippen molar-refractivity contribution >= 4 is 22.4 Å². The van der Waals surface area contributed by atoms with Crippen molar-refractivity contribution < 1.29 is 18.0 Å². The molecule has 3 aromatic heterocycles. The normalized spacial score (nSPS) is 17.2. The van der Waals surface area contributed by atoms with Crippen LogP contribution < -0.4 is 5.32 Å². The second-order valence-corrected chi connectivity index (χ2v) is 7.76. The Balaban J connectivity index is 1.50. The summed E-state index contributed by atoms with van der Waals surface area (Å²) in [5, 5.41) is 16.9. The zero-order valence-electron chi connectivity index (χ0n) is 15.8. The smallest absolute Gasteiger partial charge is 0.356 e. The quantitative estimate of drug-likeness (QED) is 0.668. The van der Waals surface area contributed by atoms with Gasteiger partial charge in [-0.05, 0) is 31.9 Å². The number of nitrogens with one attached hydrogen (secondary N) is 1. The number of anilines is 1. The number of rotatable bonds is 4. The fourth-order valence-corrected chi connectivity index (χ4v) is 3.90. The van der Waals surface area contributed by atoms with E-state index >= 15 is 0 Å². The van der Waals surface area contributed by atoms with Crippen LogP contribution in [0.25, 0.3) is 5.82 Å². The maximum Gasteiger partial charge on any atom is 0.445 e. The minimum atomic E-state index is -4.53. The number of aryl methyl sites for hydroxylation is 1. The van der Waals surface area contributed by atoms with Crippen molar-refractivity contribution in [2.45, 2.75) is 32.0 Å². The fraction of sp³-hybridized carbons (Fsp3) is 0.412. The fourth-order valence-electron chi connectivity index (χ4n) is 3.21. The van der Waals surface area contributed by atoms with Crippen LogP contribution in [0.1, 0.15) is 33.9 Å². The average Bonchev–Trinajstić information content (AvgIpc) is 3.39. The minimum Gasteiger partial charge on any atom is -0.356 e. The van der Waals surface area contributed by atoms with Gasteiger partial charge in [0.25, 0.3) is 5.91 Å². The number of carbonyl (C=O) groups is 1. The van der Waals surface area contributed by atoms with Crippen LogP contribution in [0.15, 0.2) is 24.5 Å². The highest BCUT2D eigenvalue weighted by molar-refractivity contribution is 7.15. The summed E-state index contributed by atoms with van der Waals surface area (Å²) in [5.41, 5.74) is 1.07. The van der Waals surface area contributed by atoms with Gasteiger partial charge in [-0.2, -0.15) is 23.4 Å². The van der Waals surface area contributed by atoms with Gasteiger partial charge in [0, 0.05) is 24.8 Å². The largest absolute Gasteiger partial charge is 0.445 e. The molecule has 1 unspecified atom stereocenters. The third kappa shape index (κ3) is 4.25. The van der Waals surface area contributed by atoms with Gasteiger partial charge in [-0.1, -0.05) is 11.3 Å². The molecule has 1 saturated heterocycles. The molecule has 1 atom stereocenters. The second kappa shape index (κ2) is 7.97. The highest BCUT2D eigenvalue weighted by atomic mass is 32.1. The molecule has 4 rings (SSSR count). The minimum absolute atomic E-state index is 0.0834. The number of pyridine rings is 1. The maximum atomic E-state index is 13.2. The number of hydrogen-bond donors (Lipinski definition) is 1. The van der Waals surface area contributed by atoms with Gasteiger partial charge >= 0.3 is 6.18 Å². The SMILES string of the molecule is Cc1ccc(C(=O)N2CCCC(Nc3nnc(C(F)(F)F)s3)C2)c(-n2nccn2)n1. The Morgan fingerprint density at radius 1 is 1.23 bits per heavy atom. The van der Waals surface area contributed by atoms with Crippen LogP contribution in [-0.2, 0) is 6.18 Å². The molecular formula is C17H17F3N8OS. The molecule has 13 heteroatoms. The van der Waals surface area contributed by atoms with E-state index in [9.17, 15) is 18.0 Å². The average molecular weight is 438 g/mol. The molecule has 9 nitrogen and oxygen atoms in total. The number of piperidine rings is 1. The van der Waals surface area contributed by atoms with Gasteiger partial charge in [-0.15, -0.1) is 15.0 Å². The van der Waals surface area contributed by atoms with Crippen LogP contribution in [-0.4, -0.2) is 60.1 Å². The molecule has 0 aromatic carbocycles. The number of carbonyl (C=O) groups excluding carboxylic acids is 1. The lowest BCUT2D eigenvalue weighted by Crippen LogP contribution is -2.45. The number of nitrogens with zero attached hydrogens (tertiary/aromatic N) is 7. The zero-order chi connectivity index (χ0) is 21.3. The van der Waals surface area contributed by atoms with E-state index in [2.05, 4.69) is 30.7 Å². The van der Waals surface area contributed by atoms with Crippen LogP contribution in [0, 0.1) is 6.92 Å². The summed E-state index contributed by atoms with van der Waals surface area (Å²) in [6.45, 7) is 2.65. The van der Waals surface area contributed by atoms with Gasteiger partial charge in [0.1, 0.15) is 0 Å². The van der Waals surface area contributed by atoms with Crippen LogP contribution in [0.3, 0.4) is 0 Å². The number of likely N-dealkylation sites (tertiary alicyclic amines) is 1. The Labute approximate surface area is 172 Å².